The Hall–Kier alpha value is -3.45. The molecule has 0 spiro atoms. The molecule has 3 amide bonds. The minimum absolute atomic E-state index is 0.192. The van der Waals surface area contributed by atoms with Gasteiger partial charge in [0.05, 0.1) is 11.3 Å². The van der Waals surface area contributed by atoms with Crippen LogP contribution in [0, 0.1) is 0 Å². The number of hydrogen-bond donors (Lipinski definition) is 3. The quantitative estimate of drug-likeness (QED) is 0.717. The summed E-state index contributed by atoms with van der Waals surface area (Å²) in [6, 6.07) is 13.4. The Morgan fingerprint density at radius 1 is 1.04 bits per heavy atom. The van der Waals surface area contributed by atoms with Crippen molar-refractivity contribution < 1.29 is 14.4 Å². The zero-order valence-electron chi connectivity index (χ0n) is 13.8. The highest BCUT2D eigenvalue weighted by Gasteiger charge is 2.41. The summed E-state index contributed by atoms with van der Waals surface area (Å²) in [6.45, 7) is 0.512. The van der Waals surface area contributed by atoms with Crippen molar-refractivity contribution in [3.05, 3.63) is 65.4 Å². The van der Waals surface area contributed by atoms with E-state index in [2.05, 4.69) is 10.6 Å². The number of fused-ring (bicyclic) bond motifs is 2. The number of rotatable bonds is 2. The number of carbonyl (C=O) groups excluding carboxylic acids is 3. The van der Waals surface area contributed by atoms with E-state index in [0.717, 1.165) is 4.90 Å². The van der Waals surface area contributed by atoms with Crippen molar-refractivity contribution in [2.75, 3.05) is 23.3 Å². The summed E-state index contributed by atoms with van der Waals surface area (Å²) in [5.74, 6) is -0.799. The molecule has 2 aliphatic rings. The first kappa shape index (κ1) is 16.0. The van der Waals surface area contributed by atoms with Gasteiger partial charge in [-0.05, 0) is 18.2 Å². The second kappa shape index (κ2) is 6.12. The number of nitrogens with two attached hydrogens (primary N) is 1. The smallest absolute Gasteiger partial charge is 0.329 e. The third kappa shape index (κ3) is 2.29. The minimum atomic E-state index is -0.563. The zero-order valence-corrected chi connectivity index (χ0v) is 13.8. The summed E-state index contributed by atoms with van der Waals surface area (Å²) in [7, 11) is 0. The number of amides is 3. The molecule has 4 N–H and O–H groups in total. The molecule has 0 bridgehead atoms. The molecule has 0 radical (unpaired) electrons. The number of nitrogens with zero attached hydrogens (tertiary/aromatic N) is 1. The maximum Gasteiger partial charge on any atom is 0.329 e. The van der Waals surface area contributed by atoms with Gasteiger partial charge in [0.1, 0.15) is 5.70 Å². The number of ketones is 1. The molecule has 26 heavy (non-hydrogen) atoms. The van der Waals surface area contributed by atoms with Gasteiger partial charge in [-0.15, -0.1) is 0 Å². The molecule has 0 aromatic heterocycles. The van der Waals surface area contributed by atoms with Crippen LogP contribution in [0.3, 0.4) is 0 Å². The van der Waals surface area contributed by atoms with Crippen LogP contribution in [0.5, 0.6) is 0 Å². The van der Waals surface area contributed by atoms with Gasteiger partial charge < -0.3 is 16.4 Å². The molecule has 0 saturated heterocycles. The lowest BCUT2D eigenvalue weighted by Gasteiger charge is -2.15. The predicted octanol–water partition coefficient (Wildman–Crippen LogP) is 1.72. The first-order chi connectivity index (χ1) is 12.6. The van der Waals surface area contributed by atoms with E-state index in [0.29, 0.717) is 22.5 Å². The summed E-state index contributed by atoms with van der Waals surface area (Å²) in [6.07, 6.45) is 0. The van der Waals surface area contributed by atoms with E-state index >= 15 is 0 Å². The number of urea groups is 1. The predicted molar refractivity (Wildman–Crippen MR) is 97.7 cm³/mol. The van der Waals surface area contributed by atoms with E-state index in [1.165, 1.54) is 0 Å². The summed E-state index contributed by atoms with van der Waals surface area (Å²) in [4.78, 5) is 39.3. The number of imide groups is 1. The molecule has 2 aliphatic heterocycles. The largest absolute Gasteiger partial charge is 0.351 e. The van der Waals surface area contributed by atoms with Crippen molar-refractivity contribution in [2.24, 2.45) is 5.73 Å². The lowest BCUT2D eigenvalue weighted by Crippen LogP contribution is -2.43. The first-order valence-electron chi connectivity index (χ1n) is 8.20. The first-order valence-corrected chi connectivity index (χ1v) is 8.20. The van der Waals surface area contributed by atoms with Gasteiger partial charge in [-0.25, -0.2) is 9.69 Å². The van der Waals surface area contributed by atoms with Crippen LogP contribution < -0.4 is 21.3 Å². The van der Waals surface area contributed by atoms with Crippen molar-refractivity contribution in [3.8, 4) is 0 Å². The Morgan fingerprint density at radius 3 is 2.46 bits per heavy atom. The Balaban J connectivity index is 1.83. The molecule has 130 valence electrons. The van der Waals surface area contributed by atoms with E-state index in [9.17, 15) is 14.4 Å². The molecule has 0 aliphatic carbocycles. The van der Waals surface area contributed by atoms with Gasteiger partial charge in [-0.3, -0.25) is 9.59 Å². The molecule has 0 fully saturated rings. The third-order valence-electron chi connectivity index (χ3n) is 4.36. The van der Waals surface area contributed by atoms with Gasteiger partial charge in [0.25, 0.3) is 5.91 Å². The Bertz CT molecular complexity index is 980. The van der Waals surface area contributed by atoms with E-state index in [-0.39, 0.29) is 30.1 Å². The van der Waals surface area contributed by atoms with E-state index in [1.54, 1.807) is 42.5 Å². The molecule has 7 nitrogen and oxygen atoms in total. The molecular weight excluding hydrogens is 332 g/mol. The minimum Gasteiger partial charge on any atom is -0.351 e. The Morgan fingerprint density at radius 2 is 1.73 bits per heavy atom. The molecule has 2 heterocycles. The average molecular weight is 348 g/mol. The van der Waals surface area contributed by atoms with Gasteiger partial charge in [-0.1, -0.05) is 30.3 Å². The Labute approximate surface area is 149 Å². The lowest BCUT2D eigenvalue weighted by atomic mass is 10.0. The van der Waals surface area contributed by atoms with Gasteiger partial charge in [0, 0.05) is 29.9 Å². The standard InChI is InChI=1S/C19H16N4O3/c20-9-10-21-19(26)23-14-8-4-2-6-12(14)15(18(23)25)16-17(24)11-5-1-3-7-13(11)22-16/h1-8,22H,9-10,20H2,(H,21,26)/b16-15-. The average Bonchev–Trinajstić information content (AvgIpc) is 3.13. The summed E-state index contributed by atoms with van der Waals surface area (Å²) in [5, 5.41) is 5.63. The fourth-order valence-corrected chi connectivity index (χ4v) is 3.21. The number of benzene rings is 2. The van der Waals surface area contributed by atoms with Crippen molar-refractivity contribution in [1.82, 2.24) is 5.32 Å². The number of hydrogen-bond acceptors (Lipinski definition) is 5. The van der Waals surface area contributed by atoms with Crippen LogP contribution in [-0.4, -0.2) is 30.8 Å². The SMILES string of the molecule is NCCNC(=O)N1C(=O)/C(=C2\Nc3ccccc3C2=O)c2ccccc21. The van der Waals surface area contributed by atoms with Crippen LogP contribution in [-0.2, 0) is 4.79 Å². The highest BCUT2D eigenvalue weighted by molar-refractivity contribution is 6.44. The number of nitrogens with one attached hydrogen (secondary N) is 2. The number of carbonyl (C=O) groups is 3. The van der Waals surface area contributed by atoms with Crippen LogP contribution >= 0.6 is 0 Å². The molecule has 2 aromatic carbocycles. The van der Waals surface area contributed by atoms with Gasteiger partial charge in [0.2, 0.25) is 5.78 Å². The normalized spacial score (nSPS) is 17.8. The molecule has 0 atom stereocenters. The van der Waals surface area contributed by atoms with Crippen LogP contribution in [0.4, 0.5) is 16.2 Å². The van der Waals surface area contributed by atoms with Gasteiger partial charge >= 0.3 is 6.03 Å². The Kier molecular flexibility index (Phi) is 3.78. The topological polar surface area (TPSA) is 105 Å². The number of para-hydroxylation sites is 2. The second-order valence-electron chi connectivity index (χ2n) is 5.93. The molecule has 7 heteroatoms. The van der Waals surface area contributed by atoms with Crippen LogP contribution in [0.1, 0.15) is 15.9 Å². The van der Waals surface area contributed by atoms with E-state index < -0.39 is 11.9 Å². The molecule has 0 unspecified atom stereocenters. The fourth-order valence-electron chi connectivity index (χ4n) is 3.21. The zero-order chi connectivity index (χ0) is 18.3. The van der Waals surface area contributed by atoms with E-state index in [1.807, 2.05) is 6.07 Å². The third-order valence-corrected chi connectivity index (χ3v) is 4.36. The highest BCUT2D eigenvalue weighted by atomic mass is 16.2. The van der Waals surface area contributed by atoms with Crippen molar-refractivity contribution >= 4 is 34.7 Å². The van der Waals surface area contributed by atoms with Gasteiger partial charge in [0.15, 0.2) is 0 Å². The van der Waals surface area contributed by atoms with Gasteiger partial charge in [-0.2, -0.15) is 0 Å². The molecule has 4 rings (SSSR count). The maximum absolute atomic E-state index is 13.0. The van der Waals surface area contributed by atoms with Crippen LogP contribution in [0.25, 0.3) is 5.57 Å². The maximum atomic E-state index is 13.0. The monoisotopic (exact) mass is 348 g/mol. The summed E-state index contributed by atoms with van der Waals surface area (Å²) >= 11 is 0. The second-order valence-corrected chi connectivity index (χ2v) is 5.93. The number of allylic oxidation sites excluding steroid dienone is 1. The van der Waals surface area contributed by atoms with Crippen molar-refractivity contribution in [1.29, 1.82) is 0 Å². The summed E-state index contributed by atoms with van der Waals surface area (Å²) < 4.78 is 0. The lowest BCUT2D eigenvalue weighted by molar-refractivity contribution is -0.112. The summed E-state index contributed by atoms with van der Waals surface area (Å²) in [5.41, 5.74) is 7.95. The van der Waals surface area contributed by atoms with Crippen LogP contribution in [0.15, 0.2) is 54.2 Å². The molecule has 0 saturated carbocycles. The van der Waals surface area contributed by atoms with Crippen molar-refractivity contribution in [2.45, 2.75) is 0 Å². The molecule has 2 aromatic rings. The number of Topliss-reactive ketones (excluding diaryl/α,β-unsaturated/α-hetero) is 1. The van der Waals surface area contributed by atoms with Crippen LogP contribution in [0.2, 0.25) is 0 Å². The molecular formula is C19H16N4O3. The van der Waals surface area contributed by atoms with Crippen molar-refractivity contribution in [3.63, 3.8) is 0 Å². The highest BCUT2D eigenvalue weighted by Crippen LogP contribution is 2.41. The van der Waals surface area contributed by atoms with E-state index in [4.69, 9.17) is 5.73 Å². The fraction of sp³-hybridized carbons (Fsp3) is 0.105. The number of anilines is 2.